The number of thiophene rings is 1. The van der Waals surface area contributed by atoms with Crippen LogP contribution in [0.5, 0.6) is 5.75 Å². The molecule has 1 aromatic carbocycles. The molecule has 154 valence electrons. The van der Waals surface area contributed by atoms with Crippen LogP contribution in [0.1, 0.15) is 28.0 Å². The van der Waals surface area contributed by atoms with Crippen LogP contribution in [0.4, 0.5) is 0 Å². The number of carbonyl (C=O) groups is 2. The van der Waals surface area contributed by atoms with Crippen LogP contribution in [-0.2, 0) is 16.1 Å². The minimum Gasteiger partial charge on any atom is -0.507 e. The summed E-state index contributed by atoms with van der Waals surface area (Å²) < 4.78 is 11.6. The summed E-state index contributed by atoms with van der Waals surface area (Å²) in [5.74, 6) is -0.00439. The molecule has 3 aromatic rings. The van der Waals surface area contributed by atoms with Crippen LogP contribution >= 0.6 is 27.3 Å². The number of aliphatic hydroxyl groups excluding tert-OH is 1. The first-order valence-corrected chi connectivity index (χ1v) is 10.8. The summed E-state index contributed by atoms with van der Waals surface area (Å²) in [6.45, 7) is 2.03. The molecule has 1 aliphatic rings. The Balaban J connectivity index is 1.85. The number of benzene rings is 1. The fourth-order valence-corrected chi connectivity index (χ4v) is 4.72. The Morgan fingerprint density at radius 1 is 1.27 bits per heavy atom. The van der Waals surface area contributed by atoms with Gasteiger partial charge in [-0.15, -0.1) is 11.3 Å². The average Bonchev–Trinajstić information content (AvgIpc) is 3.45. The zero-order valence-corrected chi connectivity index (χ0v) is 18.6. The largest absolute Gasteiger partial charge is 0.507 e. The molecular weight excluding hydrogens is 470 g/mol. The summed E-state index contributed by atoms with van der Waals surface area (Å²) in [6, 6.07) is 11.4. The molecule has 1 N–H and O–H groups in total. The molecule has 0 saturated carbocycles. The highest BCUT2D eigenvalue weighted by atomic mass is 79.9. The van der Waals surface area contributed by atoms with Gasteiger partial charge in [0.2, 0.25) is 0 Å². The van der Waals surface area contributed by atoms with E-state index in [0.717, 1.165) is 4.88 Å². The molecule has 1 fully saturated rings. The molecule has 1 atom stereocenters. The van der Waals surface area contributed by atoms with Crippen molar-refractivity contribution < 1.29 is 23.8 Å². The van der Waals surface area contributed by atoms with Gasteiger partial charge in [0.15, 0.2) is 0 Å². The van der Waals surface area contributed by atoms with Crippen molar-refractivity contribution in [1.29, 1.82) is 0 Å². The maximum Gasteiger partial charge on any atom is 0.296 e. The fraction of sp³-hybridized carbons (Fsp3) is 0.182. The number of Topliss-reactive ketones (excluding diaryl/α,β-unsaturated/α-hetero) is 1. The average molecular weight is 488 g/mol. The Labute approximate surface area is 185 Å². The molecule has 1 aliphatic heterocycles. The van der Waals surface area contributed by atoms with E-state index in [1.807, 2.05) is 17.5 Å². The van der Waals surface area contributed by atoms with Crippen LogP contribution in [0.25, 0.3) is 5.76 Å². The van der Waals surface area contributed by atoms with E-state index in [9.17, 15) is 14.7 Å². The zero-order chi connectivity index (χ0) is 21.4. The molecule has 30 heavy (non-hydrogen) atoms. The van der Waals surface area contributed by atoms with Gasteiger partial charge in [-0.25, -0.2) is 0 Å². The first-order valence-electron chi connectivity index (χ1n) is 9.11. The van der Waals surface area contributed by atoms with Gasteiger partial charge in [-0.05, 0) is 64.6 Å². The molecule has 0 bridgehead atoms. The molecule has 6 nitrogen and oxygen atoms in total. The third-order valence-corrected chi connectivity index (χ3v) is 6.38. The van der Waals surface area contributed by atoms with Gasteiger partial charge < -0.3 is 19.2 Å². The molecule has 1 unspecified atom stereocenters. The first-order chi connectivity index (χ1) is 14.4. The number of amides is 1. The maximum atomic E-state index is 13.0. The highest BCUT2D eigenvalue weighted by Gasteiger charge is 2.47. The smallest absolute Gasteiger partial charge is 0.296 e. The van der Waals surface area contributed by atoms with Gasteiger partial charge in [0.25, 0.3) is 11.7 Å². The second-order valence-corrected chi connectivity index (χ2v) is 8.69. The molecule has 1 saturated heterocycles. The van der Waals surface area contributed by atoms with Crippen LogP contribution in [0.3, 0.4) is 0 Å². The normalized spacial score (nSPS) is 18.2. The predicted octanol–water partition coefficient (Wildman–Crippen LogP) is 5.04. The lowest BCUT2D eigenvalue weighted by molar-refractivity contribution is -0.140. The minimum atomic E-state index is -0.818. The fourth-order valence-electron chi connectivity index (χ4n) is 3.48. The van der Waals surface area contributed by atoms with Crippen LogP contribution < -0.4 is 4.74 Å². The van der Waals surface area contributed by atoms with E-state index in [0.29, 0.717) is 27.3 Å². The number of aliphatic hydroxyl groups is 1. The van der Waals surface area contributed by atoms with E-state index in [-0.39, 0.29) is 17.9 Å². The van der Waals surface area contributed by atoms with Gasteiger partial charge in [0.1, 0.15) is 29.1 Å². The lowest BCUT2D eigenvalue weighted by Crippen LogP contribution is -2.28. The number of halogens is 1. The van der Waals surface area contributed by atoms with E-state index in [1.165, 1.54) is 23.3 Å². The lowest BCUT2D eigenvalue weighted by atomic mass is 9.99. The Hall–Kier alpha value is -2.84. The summed E-state index contributed by atoms with van der Waals surface area (Å²) in [5.41, 5.74) is 0.396. The van der Waals surface area contributed by atoms with E-state index in [4.69, 9.17) is 9.15 Å². The Morgan fingerprint density at radius 3 is 2.67 bits per heavy atom. The number of ketones is 1. The molecule has 0 spiro atoms. The van der Waals surface area contributed by atoms with E-state index in [1.54, 1.807) is 37.3 Å². The van der Waals surface area contributed by atoms with Crippen LogP contribution in [0.15, 0.2) is 62.3 Å². The highest BCUT2D eigenvalue weighted by molar-refractivity contribution is 9.10. The van der Waals surface area contributed by atoms with Crippen molar-refractivity contribution in [2.45, 2.75) is 19.5 Å². The number of ether oxygens (including phenoxy) is 1. The van der Waals surface area contributed by atoms with Gasteiger partial charge >= 0.3 is 0 Å². The van der Waals surface area contributed by atoms with Crippen molar-refractivity contribution in [3.63, 3.8) is 0 Å². The Morgan fingerprint density at radius 2 is 2.07 bits per heavy atom. The van der Waals surface area contributed by atoms with E-state index in [2.05, 4.69) is 15.9 Å². The van der Waals surface area contributed by atoms with Gasteiger partial charge in [-0.3, -0.25) is 9.59 Å². The molecular formula is C22H18BrNO5S. The Bertz CT molecular complexity index is 1150. The minimum absolute atomic E-state index is 0.00275. The molecule has 0 radical (unpaired) electrons. The van der Waals surface area contributed by atoms with Crippen LogP contribution in [0, 0.1) is 6.92 Å². The third kappa shape index (κ3) is 3.57. The monoisotopic (exact) mass is 487 g/mol. The van der Waals surface area contributed by atoms with Crippen molar-refractivity contribution in [1.82, 2.24) is 4.90 Å². The number of hydrogen-bond donors (Lipinski definition) is 1. The number of hydrogen-bond acceptors (Lipinski definition) is 6. The molecule has 4 rings (SSSR count). The number of aryl methyl sites for hydroxylation is 1. The summed E-state index contributed by atoms with van der Waals surface area (Å²) in [7, 11) is 1.54. The summed E-state index contributed by atoms with van der Waals surface area (Å²) in [5, 5.41) is 13.0. The summed E-state index contributed by atoms with van der Waals surface area (Å²) in [4.78, 5) is 28.2. The molecule has 3 heterocycles. The molecule has 1 amide bonds. The number of rotatable bonds is 5. The number of furan rings is 1. The van der Waals surface area contributed by atoms with Gasteiger partial charge in [-0.2, -0.15) is 0 Å². The second-order valence-electron chi connectivity index (χ2n) is 6.80. The quantitative estimate of drug-likeness (QED) is 0.309. The number of nitrogens with zero attached hydrogens (tertiary/aromatic N) is 1. The van der Waals surface area contributed by atoms with Crippen molar-refractivity contribution >= 4 is 44.7 Å². The lowest BCUT2D eigenvalue weighted by Gasteiger charge is -2.22. The number of methoxy groups -OCH3 is 1. The summed E-state index contributed by atoms with van der Waals surface area (Å²) in [6.07, 6.45) is 0. The predicted molar refractivity (Wildman–Crippen MR) is 116 cm³/mol. The van der Waals surface area contributed by atoms with Gasteiger partial charge in [0, 0.05) is 10.4 Å². The van der Waals surface area contributed by atoms with E-state index < -0.39 is 17.7 Å². The SMILES string of the molecule is COc1ccc(/C(O)=C2/C(=O)C(=O)N(Cc3cccs3)C2c2ccc(C)o2)cc1Br. The number of carbonyl (C=O) groups excluding carboxylic acids is 2. The number of likely N-dealkylation sites (tertiary alicyclic amines) is 1. The van der Waals surface area contributed by atoms with Crippen molar-refractivity contribution in [3.8, 4) is 5.75 Å². The van der Waals surface area contributed by atoms with Crippen molar-refractivity contribution in [2.24, 2.45) is 0 Å². The molecule has 0 aliphatic carbocycles. The Kier molecular flexibility index (Phi) is 5.53. The first kappa shape index (κ1) is 20.4. The third-order valence-electron chi connectivity index (χ3n) is 4.90. The van der Waals surface area contributed by atoms with Crippen molar-refractivity contribution in [2.75, 3.05) is 7.11 Å². The van der Waals surface area contributed by atoms with E-state index >= 15 is 0 Å². The topological polar surface area (TPSA) is 80.0 Å². The van der Waals surface area contributed by atoms with Gasteiger partial charge in [0.05, 0.1) is 23.7 Å². The highest BCUT2D eigenvalue weighted by Crippen LogP contribution is 2.41. The molecule has 2 aromatic heterocycles. The maximum absolute atomic E-state index is 13.0. The molecule has 8 heteroatoms. The summed E-state index contributed by atoms with van der Waals surface area (Å²) >= 11 is 4.88. The van der Waals surface area contributed by atoms with Gasteiger partial charge in [-0.1, -0.05) is 6.07 Å². The second kappa shape index (κ2) is 8.12. The van der Waals surface area contributed by atoms with Crippen molar-refractivity contribution in [3.05, 3.63) is 79.9 Å². The zero-order valence-electron chi connectivity index (χ0n) is 16.2. The standard InChI is InChI=1S/C22H18BrNO5S/c1-12-5-7-17(29-12)19-18(20(25)13-6-8-16(28-2)15(23)10-13)21(26)22(27)24(19)11-14-4-3-9-30-14/h3-10,19,25H,11H2,1-2H3/b20-18-. The van der Waals surface area contributed by atoms with Crippen LogP contribution in [-0.4, -0.2) is 28.8 Å². The van der Waals surface area contributed by atoms with Crippen LogP contribution in [0.2, 0.25) is 0 Å².